The van der Waals surface area contributed by atoms with Gasteiger partial charge in [0.05, 0.1) is 13.2 Å². The van der Waals surface area contributed by atoms with E-state index in [-0.39, 0.29) is 12.5 Å². The Morgan fingerprint density at radius 2 is 2.00 bits per heavy atom. The van der Waals surface area contributed by atoms with Gasteiger partial charge in [0.15, 0.2) is 0 Å². The first-order chi connectivity index (χ1) is 7.60. The van der Waals surface area contributed by atoms with E-state index < -0.39 is 0 Å². The van der Waals surface area contributed by atoms with Gasteiger partial charge in [-0.2, -0.15) is 0 Å². The molecule has 16 heavy (non-hydrogen) atoms. The van der Waals surface area contributed by atoms with Crippen molar-refractivity contribution in [1.29, 1.82) is 0 Å². The van der Waals surface area contributed by atoms with Crippen LogP contribution in [0.4, 0.5) is 0 Å². The van der Waals surface area contributed by atoms with Gasteiger partial charge < -0.3 is 9.84 Å². The minimum atomic E-state index is 0.199. The van der Waals surface area contributed by atoms with Crippen molar-refractivity contribution in [2.75, 3.05) is 13.2 Å². The molecule has 0 radical (unpaired) electrons. The highest BCUT2D eigenvalue weighted by molar-refractivity contribution is 5.37. The van der Waals surface area contributed by atoms with E-state index in [0.717, 1.165) is 11.3 Å². The molecule has 2 heteroatoms. The Kier molecular flexibility index (Phi) is 4.81. The number of aryl methyl sites for hydroxylation is 1. The Morgan fingerprint density at radius 3 is 2.44 bits per heavy atom. The summed E-state index contributed by atoms with van der Waals surface area (Å²) >= 11 is 0. The van der Waals surface area contributed by atoms with E-state index >= 15 is 0 Å². The molecular weight excluding hydrogens is 200 g/mol. The zero-order valence-corrected chi connectivity index (χ0v) is 10.7. The third kappa shape index (κ3) is 2.99. The van der Waals surface area contributed by atoms with Crippen LogP contribution in [-0.2, 0) is 0 Å². The monoisotopic (exact) mass is 222 g/mol. The lowest BCUT2D eigenvalue weighted by Crippen LogP contribution is -2.11. The molecule has 0 aliphatic heterocycles. The molecule has 0 amide bonds. The number of aliphatic hydroxyl groups is 1. The maximum atomic E-state index is 9.38. The van der Waals surface area contributed by atoms with Crippen molar-refractivity contribution < 1.29 is 9.84 Å². The van der Waals surface area contributed by atoms with E-state index in [4.69, 9.17) is 4.74 Å². The molecule has 0 fully saturated rings. The molecule has 2 nitrogen and oxygen atoms in total. The molecule has 0 saturated heterocycles. The van der Waals surface area contributed by atoms with Crippen LogP contribution in [0.15, 0.2) is 18.2 Å². The summed E-state index contributed by atoms with van der Waals surface area (Å²) in [7, 11) is 0. The highest BCUT2D eigenvalue weighted by atomic mass is 16.5. The van der Waals surface area contributed by atoms with Crippen LogP contribution in [-0.4, -0.2) is 18.3 Å². The molecule has 0 heterocycles. The van der Waals surface area contributed by atoms with Gasteiger partial charge in [0.2, 0.25) is 0 Å². The summed E-state index contributed by atoms with van der Waals surface area (Å²) in [5.74, 6) is 1.60. The highest BCUT2D eigenvalue weighted by Crippen LogP contribution is 2.28. The van der Waals surface area contributed by atoms with Gasteiger partial charge in [-0.1, -0.05) is 26.0 Å². The van der Waals surface area contributed by atoms with Crippen molar-refractivity contribution in [3.8, 4) is 5.75 Å². The number of rotatable bonds is 5. The maximum Gasteiger partial charge on any atom is 0.122 e. The molecule has 90 valence electrons. The minimum absolute atomic E-state index is 0.199. The standard InChI is InChI=1S/C14H22O2/c1-5-16-14-7-6-12(8-11(14)4)13(9-15)10(2)3/h6-8,10,13,15H,5,9H2,1-4H3. The smallest absolute Gasteiger partial charge is 0.122 e. The predicted octanol–water partition coefficient (Wildman–Crippen LogP) is 3.13. The average Bonchev–Trinajstić information content (AvgIpc) is 2.22. The summed E-state index contributed by atoms with van der Waals surface area (Å²) < 4.78 is 5.50. The second kappa shape index (κ2) is 5.90. The van der Waals surface area contributed by atoms with Crippen molar-refractivity contribution in [3.63, 3.8) is 0 Å². The fourth-order valence-electron chi connectivity index (χ4n) is 1.92. The van der Waals surface area contributed by atoms with E-state index in [9.17, 15) is 5.11 Å². The number of ether oxygens (including phenoxy) is 1. The van der Waals surface area contributed by atoms with E-state index in [1.807, 2.05) is 19.9 Å². The summed E-state index contributed by atoms with van der Waals surface area (Å²) in [5, 5.41) is 9.38. The predicted molar refractivity (Wildman–Crippen MR) is 67.0 cm³/mol. The van der Waals surface area contributed by atoms with Crippen LogP contribution >= 0.6 is 0 Å². The summed E-state index contributed by atoms with van der Waals surface area (Å²) in [6.07, 6.45) is 0. The average molecular weight is 222 g/mol. The van der Waals surface area contributed by atoms with Crippen LogP contribution < -0.4 is 4.74 Å². The normalized spacial score (nSPS) is 12.9. The summed E-state index contributed by atoms with van der Waals surface area (Å²) in [4.78, 5) is 0. The van der Waals surface area contributed by atoms with Gasteiger partial charge >= 0.3 is 0 Å². The Labute approximate surface area is 98.3 Å². The first-order valence-corrected chi connectivity index (χ1v) is 5.94. The topological polar surface area (TPSA) is 29.5 Å². The Hall–Kier alpha value is -1.02. The second-order valence-corrected chi connectivity index (χ2v) is 4.49. The van der Waals surface area contributed by atoms with Gasteiger partial charge in [-0.25, -0.2) is 0 Å². The molecule has 0 spiro atoms. The molecule has 1 rings (SSSR count). The van der Waals surface area contributed by atoms with Crippen molar-refractivity contribution in [2.45, 2.75) is 33.6 Å². The van der Waals surface area contributed by atoms with Gasteiger partial charge in [-0.05, 0) is 37.0 Å². The lowest BCUT2D eigenvalue weighted by Gasteiger charge is -2.20. The molecule has 1 aromatic carbocycles. The molecule has 0 aliphatic carbocycles. The molecule has 1 aromatic rings. The third-order valence-corrected chi connectivity index (χ3v) is 2.93. The van der Waals surface area contributed by atoms with Crippen LogP contribution in [0.1, 0.15) is 37.8 Å². The molecular formula is C14H22O2. The highest BCUT2D eigenvalue weighted by Gasteiger charge is 2.15. The SMILES string of the molecule is CCOc1ccc(C(CO)C(C)C)cc1C. The molecule has 0 aliphatic rings. The first kappa shape index (κ1) is 13.0. The Bertz CT molecular complexity index is 332. The molecule has 1 atom stereocenters. The van der Waals surface area contributed by atoms with Crippen LogP contribution in [0, 0.1) is 12.8 Å². The van der Waals surface area contributed by atoms with E-state index in [0.29, 0.717) is 12.5 Å². The van der Waals surface area contributed by atoms with E-state index in [2.05, 4.69) is 26.0 Å². The first-order valence-electron chi connectivity index (χ1n) is 5.94. The second-order valence-electron chi connectivity index (χ2n) is 4.49. The van der Waals surface area contributed by atoms with Crippen molar-refractivity contribution >= 4 is 0 Å². The summed E-state index contributed by atoms with van der Waals surface area (Å²) in [5.41, 5.74) is 2.33. The zero-order valence-electron chi connectivity index (χ0n) is 10.7. The van der Waals surface area contributed by atoms with Gasteiger partial charge in [-0.15, -0.1) is 0 Å². The van der Waals surface area contributed by atoms with Crippen molar-refractivity contribution in [3.05, 3.63) is 29.3 Å². The van der Waals surface area contributed by atoms with Crippen LogP contribution in [0.2, 0.25) is 0 Å². The fourth-order valence-corrected chi connectivity index (χ4v) is 1.92. The molecule has 0 bridgehead atoms. The van der Waals surface area contributed by atoms with E-state index in [1.54, 1.807) is 0 Å². The Morgan fingerprint density at radius 1 is 1.31 bits per heavy atom. The van der Waals surface area contributed by atoms with Gasteiger partial charge in [0.25, 0.3) is 0 Å². The fraction of sp³-hybridized carbons (Fsp3) is 0.571. The van der Waals surface area contributed by atoms with Crippen molar-refractivity contribution in [2.24, 2.45) is 5.92 Å². The zero-order chi connectivity index (χ0) is 12.1. The molecule has 1 unspecified atom stereocenters. The van der Waals surface area contributed by atoms with Gasteiger partial charge in [-0.3, -0.25) is 0 Å². The van der Waals surface area contributed by atoms with Crippen LogP contribution in [0.3, 0.4) is 0 Å². The minimum Gasteiger partial charge on any atom is -0.494 e. The number of hydrogen-bond acceptors (Lipinski definition) is 2. The largest absolute Gasteiger partial charge is 0.494 e. The van der Waals surface area contributed by atoms with Gasteiger partial charge in [0, 0.05) is 5.92 Å². The number of hydrogen-bond donors (Lipinski definition) is 1. The Balaban J connectivity index is 2.95. The van der Waals surface area contributed by atoms with E-state index in [1.165, 1.54) is 5.56 Å². The summed E-state index contributed by atoms with van der Waals surface area (Å²) in [6, 6.07) is 6.17. The lowest BCUT2D eigenvalue weighted by molar-refractivity contribution is 0.237. The van der Waals surface area contributed by atoms with Crippen LogP contribution in [0.5, 0.6) is 5.75 Å². The lowest BCUT2D eigenvalue weighted by atomic mass is 9.88. The molecule has 1 N–H and O–H groups in total. The quantitative estimate of drug-likeness (QED) is 0.829. The van der Waals surface area contributed by atoms with Crippen molar-refractivity contribution in [1.82, 2.24) is 0 Å². The number of benzene rings is 1. The van der Waals surface area contributed by atoms with Gasteiger partial charge in [0.1, 0.15) is 5.75 Å². The number of aliphatic hydroxyl groups excluding tert-OH is 1. The molecule has 0 aromatic heterocycles. The maximum absolute atomic E-state index is 9.38. The van der Waals surface area contributed by atoms with Crippen LogP contribution in [0.25, 0.3) is 0 Å². The summed E-state index contributed by atoms with van der Waals surface area (Å²) in [6.45, 7) is 9.18. The third-order valence-electron chi connectivity index (χ3n) is 2.93. The molecule has 0 saturated carbocycles.